The summed E-state index contributed by atoms with van der Waals surface area (Å²) in [5.74, 6) is 0.870. The third kappa shape index (κ3) is 5.32. The number of benzene rings is 1. The van der Waals surface area contributed by atoms with Crippen molar-refractivity contribution >= 4 is 9.84 Å². The number of sulfone groups is 1. The van der Waals surface area contributed by atoms with Gasteiger partial charge in [0.1, 0.15) is 0 Å². The molecule has 0 aromatic heterocycles. The van der Waals surface area contributed by atoms with Crippen LogP contribution in [-0.4, -0.2) is 38.2 Å². The average Bonchev–Trinajstić information content (AvgIpc) is 3.38. The van der Waals surface area contributed by atoms with Gasteiger partial charge in [-0.1, -0.05) is 32.9 Å². The lowest BCUT2D eigenvalue weighted by Gasteiger charge is -2.33. The molecule has 1 aromatic rings. The minimum atomic E-state index is -3.18. The summed E-state index contributed by atoms with van der Waals surface area (Å²) in [6.45, 7) is 13.5. The highest BCUT2D eigenvalue weighted by Gasteiger charge is 2.44. The first-order valence-corrected chi connectivity index (χ1v) is 11.9. The molecule has 0 unspecified atom stereocenters. The molecule has 3 rings (SSSR count). The molecule has 3 nitrogen and oxygen atoms in total. The van der Waals surface area contributed by atoms with Crippen molar-refractivity contribution in [1.29, 1.82) is 0 Å². The van der Waals surface area contributed by atoms with E-state index in [2.05, 4.69) is 17.9 Å². The van der Waals surface area contributed by atoms with Crippen molar-refractivity contribution < 1.29 is 8.42 Å². The summed E-state index contributed by atoms with van der Waals surface area (Å²) >= 11 is 0. The van der Waals surface area contributed by atoms with E-state index in [1.54, 1.807) is 19.9 Å². The fourth-order valence-electron chi connectivity index (χ4n) is 3.80. The molecule has 0 radical (unpaired) electrons. The summed E-state index contributed by atoms with van der Waals surface area (Å²) in [5.41, 5.74) is 1.57. The van der Waals surface area contributed by atoms with Crippen LogP contribution in [0.4, 0.5) is 0 Å². The van der Waals surface area contributed by atoms with Crippen molar-refractivity contribution in [3.63, 3.8) is 0 Å². The average molecular weight is 380 g/mol. The molecule has 1 aliphatic heterocycles. The summed E-state index contributed by atoms with van der Waals surface area (Å²) in [4.78, 5) is 3.11. The smallest absolute Gasteiger partial charge is 0.180 e. The lowest BCUT2D eigenvalue weighted by molar-refractivity contribution is 0.159. The second kappa shape index (κ2) is 8.88. The molecule has 1 saturated heterocycles. The van der Waals surface area contributed by atoms with Crippen molar-refractivity contribution in [2.45, 2.75) is 76.9 Å². The van der Waals surface area contributed by atoms with Crippen molar-refractivity contribution in [2.24, 2.45) is 11.3 Å². The summed E-state index contributed by atoms with van der Waals surface area (Å²) in [5, 5.41) is -0.363. The molecule has 0 bridgehead atoms. The monoisotopic (exact) mass is 379 g/mol. The Morgan fingerprint density at radius 3 is 2.31 bits per heavy atom. The largest absolute Gasteiger partial charge is 0.303 e. The summed E-state index contributed by atoms with van der Waals surface area (Å²) in [6.07, 6.45) is 6.21. The van der Waals surface area contributed by atoms with Crippen LogP contribution in [0.15, 0.2) is 29.2 Å². The lowest BCUT2D eigenvalue weighted by Crippen LogP contribution is -2.37. The van der Waals surface area contributed by atoms with Crippen LogP contribution in [0.3, 0.4) is 0 Å². The number of hydrogen-bond acceptors (Lipinski definition) is 3. The van der Waals surface area contributed by atoms with Gasteiger partial charge in [0.05, 0.1) is 10.1 Å². The van der Waals surface area contributed by atoms with Crippen molar-refractivity contribution in [1.82, 2.24) is 4.90 Å². The number of nitrogens with zero attached hydrogens (tertiary/aromatic N) is 1. The minimum absolute atomic E-state index is 0.363. The van der Waals surface area contributed by atoms with Crippen LogP contribution in [0.2, 0.25) is 0 Å². The van der Waals surface area contributed by atoms with E-state index in [9.17, 15) is 8.42 Å². The zero-order chi connectivity index (χ0) is 19.4. The van der Waals surface area contributed by atoms with Gasteiger partial charge >= 0.3 is 0 Å². The molecule has 0 N–H and O–H groups in total. The summed E-state index contributed by atoms with van der Waals surface area (Å²) < 4.78 is 24.8. The van der Waals surface area contributed by atoms with Gasteiger partial charge in [-0.05, 0) is 88.1 Å². The van der Waals surface area contributed by atoms with E-state index in [4.69, 9.17) is 0 Å². The zero-order valence-electron chi connectivity index (χ0n) is 17.3. The van der Waals surface area contributed by atoms with Crippen LogP contribution < -0.4 is 0 Å². The molecular formula is C22H37NO2S. The Labute approximate surface area is 161 Å². The first kappa shape index (κ1) is 21.4. The van der Waals surface area contributed by atoms with E-state index in [1.807, 2.05) is 26.0 Å². The topological polar surface area (TPSA) is 37.4 Å². The van der Waals surface area contributed by atoms with Gasteiger partial charge in [0.2, 0.25) is 0 Å². The Bertz CT molecular complexity index is 669. The Morgan fingerprint density at radius 2 is 1.77 bits per heavy atom. The van der Waals surface area contributed by atoms with E-state index in [1.165, 1.54) is 50.9 Å². The van der Waals surface area contributed by atoms with Crippen LogP contribution in [0.1, 0.15) is 65.9 Å². The third-order valence-electron chi connectivity index (χ3n) is 5.82. The second-order valence-corrected chi connectivity index (χ2v) is 10.9. The fraction of sp³-hybridized carbons (Fsp3) is 0.727. The Morgan fingerprint density at radius 1 is 1.15 bits per heavy atom. The van der Waals surface area contributed by atoms with Gasteiger partial charge in [-0.3, -0.25) is 0 Å². The quantitative estimate of drug-likeness (QED) is 0.702. The Balaban J connectivity index is 0.00000117. The van der Waals surface area contributed by atoms with Gasteiger partial charge in [-0.15, -0.1) is 0 Å². The molecule has 1 saturated carbocycles. The minimum Gasteiger partial charge on any atom is -0.303 e. The van der Waals surface area contributed by atoms with Crippen LogP contribution in [0, 0.1) is 11.3 Å². The maximum atomic E-state index is 12.4. The van der Waals surface area contributed by atoms with Gasteiger partial charge < -0.3 is 4.90 Å². The van der Waals surface area contributed by atoms with E-state index in [-0.39, 0.29) is 5.25 Å². The van der Waals surface area contributed by atoms with Crippen LogP contribution in [0.25, 0.3) is 0 Å². The maximum Gasteiger partial charge on any atom is 0.180 e. The predicted molar refractivity (Wildman–Crippen MR) is 110 cm³/mol. The van der Waals surface area contributed by atoms with Crippen molar-refractivity contribution in [3.05, 3.63) is 29.8 Å². The summed E-state index contributed by atoms with van der Waals surface area (Å²) in [7, 11) is -3.18. The maximum absolute atomic E-state index is 12.4. The Hall–Kier alpha value is -0.870. The van der Waals surface area contributed by atoms with Gasteiger partial charge in [-0.25, -0.2) is 8.42 Å². The second-order valence-electron chi connectivity index (χ2n) is 8.38. The van der Waals surface area contributed by atoms with Crippen LogP contribution in [-0.2, 0) is 16.3 Å². The summed E-state index contributed by atoms with van der Waals surface area (Å²) in [6, 6.07) is 7.65. The van der Waals surface area contributed by atoms with Crippen LogP contribution in [0.5, 0.6) is 0 Å². The first-order chi connectivity index (χ1) is 12.3. The van der Waals surface area contributed by atoms with E-state index in [0.717, 1.165) is 12.3 Å². The van der Waals surface area contributed by atoms with Crippen molar-refractivity contribution in [2.75, 3.05) is 19.6 Å². The van der Waals surface area contributed by atoms with Gasteiger partial charge in [-0.2, -0.15) is 0 Å². The first-order valence-electron chi connectivity index (χ1n) is 10.4. The predicted octanol–water partition coefficient (Wildman–Crippen LogP) is 4.95. The molecule has 1 aliphatic carbocycles. The molecule has 2 aliphatic rings. The number of likely N-dealkylation sites (tertiary alicyclic amines) is 1. The number of rotatable bonds is 6. The number of hydrogen-bond donors (Lipinski definition) is 0. The molecule has 148 valence electrons. The molecule has 0 amide bonds. The highest BCUT2D eigenvalue weighted by atomic mass is 32.2. The van der Waals surface area contributed by atoms with Gasteiger partial charge in [0, 0.05) is 6.54 Å². The molecule has 1 heterocycles. The third-order valence-corrected chi connectivity index (χ3v) is 7.97. The van der Waals surface area contributed by atoms with Gasteiger partial charge in [0.15, 0.2) is 9.84 Å². The molecule has 0 spiro atoms. The SMILES string of the molecule is CC.CC1CCN(CC2(Cc3cccc(S(=O)(=O)C(C)C)c3)CC2)CC1. The van der Waals surface area contributed by atoms with Crippen molar-refractivity contribution in [3.8, 4) is 0 Å². The molecule has 26 heavy (non-hydrogen) atoms. The van der Waals surface area contributed by atoms with Crippen LogP contribution >= 0.6 is 0 Å². The molecule has 4 heteroatoms. The zero-order valence-corrected chi connectivity index (χ0v) is 18.1. The normalized spacial score (nSPS) is 20.5. The number of piperidine rings is 1. The lowest BCUT2D eigenvalue weighted by atomic mass is 9.93. The molecular weight excluding hydrogens is 342 g/mol. The fourth-order valence-corrected chi connectivity index (χ4v) is 4.93. The van der Waals surface area contributed by atoms with E-state index in [0.29, 0.717) is 10.3 Å². The standard InChI is InChI=1S/C20H31NO2S.C2H6/c1-16(2)24(22,23)19-6-4-5-18(13-19)14-20(9-10-20)15-21-11-7-17(3)8-12-21;1-2/h4-6,13,16-17H,7-12,14-15H2,1-3H3;1-2H3. The van der Waals surface area contributed by atoms with E-state index < -0.39 is 9.84 Å². The van der Waals surface area contributed by atoms with E-state index >= 15 is 0 Å². The molecule has 0 atom stereocenters. The molecule has 1 aromatic carbocycles. The Kier molecular flexibility index (Phi) is 7.32. The highest BCUT2D eigenvalue weighted by molar-refractivity contribution is 7.92. The van der Waals surface area contributed by atoms with Gasteiger partial charge in [0.25, 0.3) is 0 Å². The molecule has 2 fully saturated rings. The highest BCUT2D eigenvalue weighted by Crippen LogP contribution is 2.49.